The maximum atomic E-state index is 13.8. The Morgan fingerprint density at radius 3 is 2.47 bits per heavy atom. The Kier molecular flexibility index (Phi) is 5.65. The first-order chi connectivity index (χ1) is 16.4. The molecule has 172 valence electrons. The van der Waals surface area contributed by atoms with Crippen molar-refractivity contribution in [3.05, 3.63) is 99.2 Å². The van der Waals surface area contributed by atoms with Gasteiger partial charge in [-0.1, -0.05) is 60.2 Å². The van der Waals surface area contributed by atoms with Gasteiger partial charge < -0.3 is 14.7 Å². The maximum Gasteiger partial charge on any atom is 0.273 e. The van der Waals surface area contributed by atoms with Crippen molar-refractivity contribution in [2.75, 3.05) is 7.11 Å². The summed E-state index contributed by atoms with van der Waals surface area (Å²) in [6.07, 6.45) is 0. The van der Waals surface area contributed by atoms with E-state index in [9.17, 15) is 9.90 Å². The van der Waals surface area contributed by atoms with Crippen LogP contribution in [0, 0.1) is 6.92 Å². The standard InChI is InChI=1S/C27H24BrN3O3/c1-16-9-11-18(12-10-16)23-22-24(19-13-20(28)26(32)21(14-19)34-3)31(15-17-7-5-4-6-8-17)27(33)25(22)30(2)29-23/h4-14,24,32H,15H2,1-3H3/t24-/m0/s1. The molecule has 0 bridgehead atoms. The molecule has 0 saturated heterocycles. The molecule has 0 radical (unpaired) electrons. The largest absolute Gasteiger partial charge is 0.503 e. The van der Waals surface area contributed by atoms with Gasteiger partial charge in [0.15, 0.2) is 11.5 Å². The fraction of sp³-hybridized carbons (Fsp3) is 0.185. The van der Waals surface area contributed by atoms with Crippen LogP contribution in [-0.2, 0) is 13.6 Å². The van der Waals surface area contributed by atoms with Crippen LogP contribution in [0.1, 0.15) is 38.8 Å². The van der Waals surface area contributed by atoms with Gasteiger partial charge >= 0.3 is 0 Å². The summed E-state index contributed by atoms with van der Waals surface area (Å²) in [5.74, 6) is 0.279. The van der Waals surface area contributed by atoms with Crippen LogP contribution in [0.3, 0.4) is 0 Å². The van der Waals surface area contributed by atoms with E-state index in [-0.39, 0.29) is 11.7 Å². The zero-order valence-electron chi connectivity index (χ0n) is 19.1. The predicted octanol–water partition coefficient (Wildman–Crippen LogP) is 5.62. The molecule has 34 heavy (non-hydrogen) atoms. The number of halogens is 1. The van der Waals surface area contributed by atoms with Gasteiger partial charge in [-0.15, -0.1) is 0 Å². The molecule has 1 aliphatic heterocycles. The highest BCUT2D eigenvalue weighted by molar-refractivity contribution is 9.10. The van der Waals surface area contributed by atoms with E-state index in [4.69, 9.17) is 9.84 Å². The molecule has 0 saturated carbocycles. The minimum atomic E-state index is -0.404. The molecule has 5 rings (SSSR count). The van der Waals surface area contributed by atoms with Gasteiger partial charge in [0.1, 0.15) is 5.69 Å². The number of carbonyl (C=O) groups excluding carboxylic acids is 1. The van der Waals surface area contributed by atoms with Crippen LogP contribution in [0.25, 0.3) is 11.3 Å². The molecule has 1 amide bonds. The van der Waals surface area contributed by atoms with E-state index in [1.807, 2.05) is 79.5 Å². The van der Waals surface area contributed by atoms with Gasteiger partial charge in [0.2, 0.25) is 0 Å². The van der Waals surface area contributed by atoms with E-state index < -0.39 is 6.04 Å². The summed E-state index contributed by atoms with van der Waals surface area (Å²) in [6.45, 7) is 2.48. The Balaban J connectivity index is 1.73. The molecule has 0 spiro atoms. The average Bonchev–Trinajstić information content (AvgIpc) is 3.32. The minimum absolute atomic E-state index is 0.0235. The fourth-order valence-electron chi connectivity index (χ4n) is 4.58. The van der Waals surface area contributed by atoms with Crippen LogP contribution in [-0.4, -0.2) is 32.8 Å². The Morgan fingerprint density at radius 1 is 1.09 bits per heavy atom. The van der Waals surface area contributed by atoms with E-state index >= 15 is 0 Å². The number of amides is 1. The van der Waals surface area contributed by atoms with E-state index in [2.05, 4.69) is 15.9 Å². The zero-order valence-corrected chi connectivity index (χ0v) is 20.7. The number of fused-ring (bicyclic) bond motifs is 1. The summed E-state index contributed by atoms with van der Waals surface area (Å²) in [5, 5.41) is 15.2. The van der Waals surface area contributed by atoms with Crippen molar-refractivity contribution < 1.29 is 14.6 Å². The van der Waals surface area contributed by atoms with Crippen molar-refractivity contribution in [1.82, 2.24) is 14.7 Å². The van der Waals surface area contributed by atoms with Crippen molar-refractivity contribution in [2.24, 2.45) is 7.05 Å². The SMILES string of the molecule is COc1cc([C@H]2c3c(-c4ccc(C)cc4)nn(C)c3C(=O)N2Cc2ccccc2)cc(Br)c1O. The maximum absolute atomic E-state index is 13.8. The van der Waals surface area contributed by atoms with Gasteiger partial charge in [-0.25, -0.2) is 0 Å². The first kappa shape index (κ1) is 22.2. The number of aromatic hydroxyl groups is 1. The van der Waals surface area contributed by atoms with Crippen molar-refractivity contribution in [2.45, 2.75) is 19.5 Å². The van der Waals surface area contributed by atoms with Gasteiger partial charge in [-0.05, 0) is 46.1 Å². The number of carbonyl (C=O) groups is 1. The first-order valence-corrected chi connectivity index (χ1v) is 11.7. The van der Waals surface area contributed by atoms with E-state index in [1.165, 1.54) is 7.11 Å². The molecule has 7 heteroatoms. The van der Waals surface area contributed by atoms with Crippen molar-refractivity contribution in [3.8, 4) is 22.8 Å². The molecule has 0 fully saturated rings. The monoisotopic (exact) mass is 517 g/mol. The Bertz CT molecular complexity index is 1380. The van der Waals surface area contributed by atoms with Gasteiger partial charge in [0.05, 0.1) is 23.3 Å². The lowest BCUT2D eigenvalue weighted by Crippen LogP contribution is -2.29. The second-order valence-corrected chi connectivity index (χ2v) is 9.33. The molecule has 2 heterocycles. The van der Waals surface area contributed by atoms with Crippen molar-refractivity contribution >= 4 is 21.8 Å². The second kappa shape index (κ2) is 8.65. The van der Waals surface area contributed by atoms with Crippen LogP contribution < -0.4 is 4.74 Å². The number of phenols is 1. The molecule has 1 N–H and O–H groups in total. The average molecular weight is 518 g/mol. The summed E-state index contributed by atoms with van der Waals surface area (Å²) in [6, 6.07) is 21.3. The quantitative estimate of drug-likeness (QED) is 0.373. The molecular weight excluding hydrogens is 494 g/mol. The summed E-state index contributed by atoms with van der Waals surface area (Å²) in [7, 11) is 3.32. The van der Waals surface area contributed by atoms with Gasteiger partial charge in [-0.3, -0.25) is 9.48 Å². The van der Waals surface area contributed by atoms with Gasteiger partial charge in [0, 0.05) is 24.7 Å². The van der Waals surface area contributed by atoms with Crippen LogP contribution >= 0.6 is 15.9 Å². The highest BCUT2D eigenvalue weighted by atomic mass is 79.9. The van der Waals surface area contributed by atoms with Crippen LogP contribution in [0.2, 0.25) is 0 Å². The summed E-state index contributed by atoms with van der Waals surface area (Å²) in [5.41, 5.74) is 6.16. The number of benzene rings is 3. The summed E-state index contributed by atoms with van der Waals surface area (Å²) < 4.78 is 7.60. The lowest BCUT2D eigenvalue weighted by molar-refractivity contribution is 0.0725. The normalized spacial score (nSPS) is 15.0. The van der Waals surface area contributed by atoms with Gasteiger partial charge in [-0.2, -0.15) is 5.10 Å². The zero-order chi connectivity index (χ0) is 24.0. The molecule has 3 aromatic carbocycles. The number of rotatable bonds is 5. The number of nitrogens with zero attached hydrogens (tertiary/aromatic N) is 3. The molecule has 1 atom stereocenters. The molecule has 0 unspecified atom stereocenters. The van der Waals surface area contributed by atoms with Gasteiger partial charge in [0.25, 0.3) is 5.91 Å². The lowest BCUT2D eigenvalue weighted by Gasteiger charge is -2.27. The molecule has 1 aliphatic rings. The highest BCUT2D eigenvalue weighted by Crippen LogP contribution is 2.47. The summed E-state index contributed by atoms with van der Waals surface area (Å²) >= 11 is 3.45. The topological polar surface area (TPSA) is 67.6 Å². The predicted molar refractivity (Wildman–Crippen MR) is 134 cm³/mol. The highest BCUT2D eigenvalue weighted by Gasteiger charge is 2.43. The number of hydrogen-bond acceptors (Lipinski definition) is 4. The first-order valence-electron chi connectivity index (χ1n) is 10.9. The number of hydrogen-bond donors (Lipinski definition) is 1. The number of aryl methyl sites for hydroxylation is 2. The third-order valence-corrected chi connectivity index (χ3v) is 6.84. The van der Waals surface area contributed by atoms with Crippen molar-refractivity contribution in [3.63, 3.8) is 0 Å². The number of methoxy groups -OCH3 is 1. The van der Waals surface area contributed by atoms with E-state index in [0.29, 0.717) is 22.5 Å². The third kappa shape index (κ3) is 3.66. The Hall–Kier alpha value is -3.58. The molecule has 1 aromatic heterocycles. The third-order valence-electron chi connectivity index (χ3n) is 6.24. The van der Waals surface area contributed by atoms with Crippen LogP contribution in [0.4, 0.5) is 0 Å². The molecule has 6 nitrogen and oxygen atoms in total. The molecular formula is C27H24BrN3O3. The second-order valence-electron chi connectivity index (χ2n) is 8.48. The Labute approximate surface area is 206 Å². The van der Waals surface area contributed by atoms with Crippen LogP contribution in [0.15, 0.2) is 71.2 Å². The minimum Gasteiger partial charge on any atom is -0.503 e. The number of aromatic nitrogens is 2. The summed E-state index contributed by atoms with van der Waals surface area (Å²) in [4.78, 5) is 15.6. The smallest absolute Gasteiger partial charge is 0.273 e. The number of phenolic OH excluding ortho intramolecular Hbond substituents is 1. The molecule has 0 aliphatic carbocycles. The van der Waals surface area contributed by atoms with Crippen molar-refractivity contribution in [1.29, 1.82) is 0 Å². The van der Waals surface area contributed by atoms with Crippen LogP contribution in [0.5, 0.6) is 11.5 Å². The number of ether oxygens (including phenoxy) is 1. The Morgan fingerprint density at radius 2 is 1.79 bits per heavy atom. The van der Waals surface area contributed by atoms with E-state index in [0.717, 1.165) is 33.5 Å². The lowest BCUT2D eigenvalue weighted by atomic mass is 9.95. The fourth-order valence-corrected chi connectivity index (χ4v) is 5.04. The molecule has 4 aromatic rings. The van der Waals surface area contributed by atoms with E-state index in [1.54, 1.807) is 10.7 Å².